The summed E-state index contributed by atoms with van der Waals surface area (Å²) in [5.41, 5.74) is 1.39. The predicted molar refractivity (Wildman–Crippen MR) is 67.3 cm³/mol. The van der Waals surface area contributed by atoms with Crippen molar-refractivity contribution in [3.63, 3.8) is 0 Å². The molecule has 1 saturated carbocycles. The van der Waals surface area contributed by atoms with Crippen molar-refractivity contribution in [3.05, 3.63) is 34.9 Å². The SMILES string of the molecule is Clc1ccc(C2CCC3(CC2)OCCO3)cc1. The molecule has 3 heteroatoms. The Morgan fingerprint density at radius 3 is 2.18 bits per heavy atom. The van der Waals surface area contributed by atoms with Gasteiger partial charge in [-0.15, -0.1) is 0 Å². The number of rotatable bonds is 1. The first-order valence-electron chi connectivity index (χ1n) is 6.31. The van der Waals surface area contributed by atoms with E-state index in [1.165, 1.54) is 5.56 Å². The van der Waals surface area contributed by atoms with Crippen LogP contribution in [-0.2, 0) is 9.47 Å². The standard InChI is InChI=1S/C14H17ClO2/c15-13-3-1-11(2-4-13)12-5-7-14(8-6-12)16-9-10-17-14/h1-4,12H,5-10H2. The normalized spacial score (nSPS) is 24.3. The smallest absolute Gasteiger partial charge is 0.168 e. The van der Waals surface area contributed by atoms with Crippen LogP contribution >= 0.6 is 11.6 Å². The molecule has 0 atom stereocenters. The van der Waals surface area contributed by atoms with Crippen molar-refractivity contribution in [2.45, 2.75) is 37.4 Å². The van der Waals surface area contributed by atoms with E-state index in [1.54, 1.807) is 0 Å². The maximum Gasteiger partial charge on any atom is 0.168 e. The van der Waals surface area contributed by atoms with Gasteiger partial charge in [-0.05, 0) is 36.5 Å². The molecule has 1 aliphatic heterocycles. The van der Waals surface area contributed by atoms with Crippen LogP contribution in [-0.4, -0.2) is 19.0 Å². The average Bonchev–Trinajstić information content (AvgIpc) is 2.80. The molecule has 92 valence electrons. The summed E-state index contributed by atoms with van der Waals surface area (Å²) in [4.78, 5) is 0. The molecule has 3 rings (SSSR count). The molecular weight excluding hydrogens is 236 g/mol. The second kappa shape index (κ2) is 4.60. The van der Waals surface area contributed by atoms with Gasteiger partial charge in [-0.1, -0.05) is 23.7 Å². The van der Waals surface area contributed by atoms with E-state index < -0.39 is 0 Å². The number of hydrogen-bond acceptors (Lipinski definition) is 2. The Morgan fingerprint density at radius 2 is 1.59 bits per heavy atom. The molecule has 0 N–H and O–H groups in total. The topological polar surface area (TPSA) is 18.5 Å². The minimum absolute atomic E-state index is 0.247. The maximum atomic E-state index is 5.91. The molecule has 0 aromatic heterocycles. The molecule has 1 heterocycles. The summed E-state index contributed by atoms with van der Waals surface area (Å²) in [6.45, 7) is 1.51. The van der Waals surface area contributed by atoms with Crippen LogP contribution in [0.4, 0.5) is 0 Å². The highest BCUT2D eigenvalue weighted by Gasteiger charge is 2.40. The Kier molecular flexibility index (Phi) is 3.12. The number of ether oxygens (including phenoxy) is 2. The lowest BCUT2D eigenvalue weighted by Gasteiger charge is -2.35. The highest BCUT2D eigenvalue weighted by Crippen LogP contribution is 2.42. The third-order valence-electron chi connectivity index (χ3n) is 3.90. The average molecular weight is 253 g/mol. The van der Waals surface area contributed by atoms with Crippen LogP contribution < -0.4 is 0 Å². The molecule has 1 aromatic rings. The van der Waals surface area contributed by atoms with Gasteiger partial charge in [-0.2, -0.15) is 0 Å². The van der Waals surface area contributed by atoms with Crippen molar-refractivity contribution in [3.8, 4) is 0 Å². The molecule has 0 radical (unpaired) electrons. The maximum absolute atomic E-state index is 5.91. The Labute approximate surface area is 107 Å². The zero-order valence-electron chi connectivity index (χ0n) is 9.82. The van der Waals surface area contributed by atoms with E-state index in [2.05, 4.69) is 12.1 Å². The fourth-order valence-corrected chi connectivity index (χ4v) is 3.04. The Balaban J connectivity index is 1.66. The second-order valence-electron chi connectivity index (χ2n) is 4.93. The van der Waals surface area contributed by atoms with Crippen molar-refractivity contribution >= 4 is 11.6 Å². The van der Waals surface area contributed by atoms with E-state index in [-0.39, 0.29) is 5.79 Å². The summed E-state index contributed by atoms with van der Waals surface area (Å²) in [5, 5.41) is 0.809. The van der Waals surface area contributed by atoms with Crippen molar-refractivity contribution in [1.29, 1.82) is 0 Å². The van der Waals surface area contributed by atoms with Gasteiger partial charge in [0.15, 0.2) is 5.79 Å². The molecule has 1 aromatic carbocycles. The zero-order chi connectivity index (χ0) is 11.7. The number of halogens is 1. The minimum Gasteiger partial charge on any atom is -0.348 e. The summed E-state index contributed by atoms with van der Waals surface area (Å²) < 4.78 is 11.5. The van der Waals surface area contributed by atoms with Crippen LogP contribution in [0.2, 0.25) is 5.02 Å². The second-order valence-corrected chi connectivity index (χ2v) is 5.37. The molecule has 2 nitrogen and oxygen atoms in total. The molecule has 1 saturated heterocycles. The quantitative estimate of drug-likeness (QED) is 0.758. The van der Waals surface area contributed by atoms with Crippen LogP contribution in [0.25, 0.3) is 0 Å². The lowest BCUT2D eigenvalue weighted by Crippen LogP contribution is -2.34. The van der Waals surface area contributed by atoms with Gasteiger partial charge in [0.25, 0.3) is 0 Å². The van der Waals surface area contributed by atoms with Gasteiger partial charge in [0.2, 0.25) is 0 Å². The van der Waals surface area contributed by atoms with Crippen LogP contribution in [0.5, 0.6) is 0 Å². The molecule has 2 aliphatic rings. The Bertz CT molecular complexity index is 372. The monoisotopic (exact) mass is 252 g/mol. The van der Waals surface area contributed by atoms with Gasteiger partial charge < -0.3 is 9.47 Å². The van der Waals surface area contributed by atoms with Gasteiger partial charge in [0.05, 0.1) is 13.2 Å². The first-order valence-corrected chi connectivity index (χ1v) is 6.69. The van der Waals surface area contributed by atoms with Crippen LogP contribution in [0.15, 0.2) is 24.3 Å². The van der Waals surface area contributed by atoms with Gasteiger partial charge >= 0.3 is 0 Å². The van der Waals surface area contributed by atoms with Gasteiger partial charge in [-0.25, -0.2) is 0 Å². The summed E-state index contributed by atoms with van der Waals surface area (Å²) >= 11 is 5.91. The fraction of sp³-hybridized carbons (Fsp3) is 0.571. The molecule has 1 aliphatic carbocycles. The molecule has 0 bridgehead atoms. The largest absolute Gasteiger partial charge is 0.348 e. The van der Waals surface area contributed by atoms with Crippen molar-refractivity contribution in [2.75, 3.05) is 13.2 Å². The van der Waals surface area contributed by atoms with E-state index in [4.69, 9.17) is 21.1 Å². The van der Waals surface area contributed by atoms with Crippen molar-refractivity contribution in [2.24, 2.45) is 0 Å². The lowest BCUT2D eigenvalue weighted by molar-refractivity contribution is -0.178. The lowest BCUT2D eigenvalue weighted by atomic mass is 9.81. The Morgan fingerprint density at radius 1 is 1.00 bits per heavy atom. The van der Waals surface area contributed by atoms with Crippen LogP contribution in [0, 0.1) is 0 Å². The third kappa shape index (κ3) is 2.35. The van der Waals surface area contributed by atoms with Crippen LogP contribution in [0.1, 0.15) is 37.2 Å². The minimum atomic E-state index is -0.247. The summed E-state index contributed by atoms with van der Waals surface area (Å²) in [7, 11) is 0. The van der Waals surface area contributed by atoms with Crippen molar-refractivity contribution in [1.82, 2.24) is 0 Å². The van der Waals surface area contributed by atoms with Gasteiger partial charge in [0.1, 0.15) is 0 Å². The fourth-order valence-electron chi connectivity index (χ4n) is 2.91. The van der Waals surface area contributed by atoms with Gasteiger partial charge in [-0.3, -0.25) is 0 Å². The zero-order valence-corrected chi connectivity index (χ0v) is 10.6. The molecular formula is C14H17ClO2. The summed E-state index contributed by atoms with van der Waals surface area (Å²) in [6.07, 6.45) is 4.31. The first kappa shape index (κ1) is 11.5. The number of hydrogen-bond donors (Lipinski definition) is 0. The van der Waals surface area contributed by atoms with E-state index >= 15 is 0 Å². The van der Waals surface area contributed by atoms with E-state index in [0.29, 0.717) is 5.92 Å². The van der Waals surface area contributed by atoms with E-state index in [0.717, 1.165) is 43.9 Å². The van der Waals surface area contributed by atoms with Crippen molar-refractivity contribution < 1.29 is 9.47 Å². The molecule has 17 heavy (non-hydrogen) atoms. The third-order valence-corrected chi connectivity index (χ3v) is 4.15. The first-order chi connectivity index (χ1) is 8.27. The highest BCUT2D eigenvalue weighted by atomic mass is 35.5. The molecule has 1 spiro atoms. The molecule has 0 amide bonds. The van der Waals surface area contributed by atoms with E-state index in [9.17, 15) is 0 Å². The molecule has 2 fully saturated rings. The van der Waals surface area contributed by atoms with E-state index in [1.807, 2.05) is 12.1 Å². The van der Waals surface area contributed by atoms with Gasteiger partial charge in [0, 0.05) is 17.9 Å². The highest BCUT2D eigenvalue weighted by molar-refractivity contribution is 6.30. The van der Waals surface area contributed by atoms with Crippen LogP contribution in [0.3, 0.4) is 0 Å². The number of benzene rings is 1. The Hall–Kier alpha value is -0.570. The summed E-state index contributed by atoms with van der Waals surface area (Å²) in [6, 6.07) is 8.23. The predicted octanol–water partition coefficient (Wildman–Crippen LogP) is 3.74. The molecule has 0 unspecified atom stereocenters. The summed E-state index contributed by atoms with van der Waals surface area (Å²) in [5.74, 6) is 0.383.